The molecule has 1 aliphatic rings. The van der Waals surface area contributed by atoms with E-state index in [4.69, 9.17) is 15.6 Å². The third-order valence-corrected chi connectivity index (χ3v) is 3.86. The molecule has 0 radical (unpaired) electrons. The minimum atomic E-state index is 0.133. The summed E-state index contributed by atoms with van der Waals surface area (Å²) < 4.78 is 5.56. The highest BCUT2D eigenvalue weighted by Gasteiger charge is 2.20. The van der Waals surface area contributed by atoms with Gasteiger partial charge in [-0.3, -0.25) is 0 Å². The zero-order chi connectivity index (χ0) is 13.4. The topological polar surface area (TPSA) is 58.7 Å². The summed E-state index contributed by atoms with van der Waals surface area (Å²) >= 11 is 0. The van der Waals surface area contributed by atoms with Gasteiger partial charge in [0.1, 0.15) is 0 Å². The number of aliphatic hydroxyl groups is 1. The van der Waals surface area contributed by atoms with Gasteiger partial charge in [0.15, 0.2) is 0 Å². The first kappa shape index (κ1) is 15.9. The maximum Gasteiger partial charge on any atom is 0.0701 e. The van der Waals surface area contributed by atoms with Crippen molar-refractivity contribution in [3.63, 3.8) is 0 Å². The number of ether oxygens (including phenoxy) is 1. The highest BCUT2D eigenvalue weighted by atomic mass is 16.5. The first-order valence-electron chi connectivity index (χ1n) is 7.22. The Kier molecular flexibility index (Phi) is 7.15. The van der Waals surface area contributed by atoms with Crippen LogP contribution >= 0.6 is 0 Å². The molecule has 18 heavy (non-hydrogen) atoms. The molecule has 108 valence electrons. The maximum absolute atomic E-state index is 8.72. The molecule has 1 fully saturated rings. The van der Waals surface area contributed by atoms with Gasteiger partial charge in [-0.2, -0.15) is 0 Å². The molecule has 3 N–H and O–H groups in total. The minimum absolute atomic E-state index is 0.133. The summed E-state index contributed by atoms with van der Waals surface area (Å²) in [6.07, 6.45) is 4.98. The number of likely N-dealkylation sites (tertiary alicyclic amines) is 1. The molecule has 0 aromatic carbocycles. The summed E-state index contributed by atoms with van der Waals surface area (Å²) in [4.78, 5) is 2.52. The molecule has 0 aromatic heterocycles. The predicted molar refractivity (Wildman–Crippen MR) is 74.6 cm³/mol. The van der Waals surface area contributed by atoms with Crippen LogP contribution < -0.4 is 5.73 Å². The van der Waals surface area contributed by atoms with Gasteiger partial charge in [-0.25, -0.2) is 0 Å². The number of piperidine rings is 1. The molecular weight excluding hydrogens is 228 g/mol. The lowest BCUT2D eigenvalue weighted by molar-refractivity contribution is -0.00817. The van der Waals surface area contributed by atoms with E-state index in [1.54, 1.807) is 0 Å². The Morgan fingerprint density at radius 2 is 2.00 bits per heavy atom. The van der Waals surface area contributed by atoms with Gasteiger partial charge in [0.2, 0.25) is 0 Å². The number of nitrogens with zero attached hydrogens (tertiary/aromatic N) is 1. The predicted octanol–water partition coefficient (Wildman–Crippen LogP) is 1.22. The van der Waals surface area contributed by atoms with Crippen molar-refractivity contribution in [3.05, 3.63) is 0 Å². The number of hydrogen-bond acceptors (Lipinski definition) is 4. The summed E-state index contributed by atoms with van der Waals surface area (Å²) in [5.41, 5.74) is 6.02. The van der Waals surface area contributed by atoms with Crippen molar-refractivity contribution in [3.8, 4) is 0 Å². The standard InChI is InChI=1S/C14H30N2O2/c1-14(2,12-15)6-3-7-16-8-4-13(5-9-16)18-11-10-17/h13,17H,3-12,15H2,1-2H3. The van der Waals surface area contributed by atoms with Crippen LogP contribution in [0.3, 0.4) is 0 Å². The molecule has 4 nitrogen and oxygen atoms in total. The zero-order valence-corrected chi connectivity index (χ0v) is 12.0. The molecule has 0 aliphatic carbocycles. The van der Waals surface area contributed by atoms with E-state index in [9.17, 15) is 0 Å². The Hall–Kier alpha value is -0.160. The van der Waals surface area contributed by atoms with E-state index in [1.165, 1.54) is 19.4 Å². The molecule has 0 amide bonds. The highest BCUT2D eigenvalue weighted by molar-refractivity contribution is 4.74. The van der Waals surface area contributed by atoms with Gasteiger partial charge in [-0.1, -0.05) is 13.8 Å². The average molecular weight is 258 g/mol. The van der Waals surface area contributed by atoms with Crippen molar-refractivity contribution < 1.29 is 9.84 Å². The average Bonchev–Trinajstić information content (AvgIpc) is 2.38. The van der Waals surface area contributed by atoms with Crippen LogP contribution in [0.5, 0.6) is 0 Å². The molecule has 0 aromatic rings. The van der Waals surface area contributed by atoms with Crippen LogP contribution in [0.1, 0.15) is 39.5 Å². The molecule has 0 saturated carbocycles. The lowest BCUT2D eigenvalue weighted by atomic mass is 9.88. The number of hydrogen-bond donors (Lipinski definition) is 2. The van der Waals surface area contributed by atoms with Gasteiger partial charge >= 0.3 is 0 Å². The highest BCUT2D eigenvalue weighted by Crippen LogP contribution is 2.21. The molecule has 1 heterocycles. The van der Waals surface area contributed by atoms with E-state index in [2.05, 4.69) is 18.7 Å². The fraction of sp³-hybridized carbons (Fsp3) is 1.00. The summed E-state index contributed by atoms with van der Waals surface area (Å²) in [6, 6.07) is 0. The molecule has 1 rings (SSSR count). The lowest BCUT2D eigenvalue weighted by Gasteiger charge is -2.32. The lowest BCUT2D eigenvalue weighted by Crippen LogP contribution is -2.38. The number of aliphatic hydroxyl groups excluding tert-OH is 1. The van der Waals surface area contributed by atoms with Crippen LogP contribution in [-0.4, -0.2) is 55.5 Å². The zero-order valence-electron chi connectivity index (χ0n) is 12.0. The molecule has 4 heteroatoms. The molecule has 0 unspecified atom stereocenters. The maximum atomic E-state index is 8.72. The molecule has 0 atom stereocenters. The van der Waals surface area contributed by atoms with Crippen molar-refractivity contribution in [2.75, 3.05) is 39.4 Å². The second-order valence-corrected chi connectivity index (χ2v) is 6.11. The van der Waals surface area contributed by atoms with Gasteiger partial charge < -0.3 is 20.5 Å². The molecule has 0 bridgehead atoms. The van der Waals surface area contributed by atoms with Crippen LogP contribution in [0.4, 0.5) is 0 Å². The van der Waals surface area contributed by atoms with E-state index < -0.39 is 0 Å². The minimum Gasteiger partial charge on any atom is -0.394 e. The Bertz CT molecular complexity index is 214. The van der Waals surface area contributed by atoms with Crippen LogP contribution in [0.15, 0.2) is 0 Å². The Labute approximate surface area is 111 Å². The third-order valence-electron chi connectivity index (χ3n) is 3.86. The van der Waals surface area contributed by atoms with Gasteiger partial charge in [0.25, 0.3) is 0 Å². The third kappa shape index (κ3) is 6.14. The number of nitrogens with two attached hydrogens (primary N) is 1. The first-order valence-corrected chi connectivity index (χ1v) is 7.22. The van der Waals surface area contributed by atoms with Crippen LogP contribution in [-0.2, 0) is 4.74 Å². The van der Waals surface area contributed by atoms with Crippen molar-refractivity contribution >= 4 is 0 Å². The largest absolute Gasteiger partial charge is 0.394 e. The fourth-order valence-electron chi connectivity index (χ4n) is 2.40. The Balaban J connectivity index is 2.09. The second kappa shape index (κ2) is 8.10. The summed E-state index contributed by atoms with van der Waals surface area (Å²) in [5, 5.41) is 8.72. The first-order chi connectivity index (χ1) is 8.57. The summed E-state index contributed by atoms with van der Waals surface area (Å²) in [5.74, 6) is 0. The Morgan fingerprint density at radius 3 is 2.56 bits per heavy atom. The normalized spacial score (nSPS) is 19.3. The van der Waals surface area contributed by atoms with Crippen LogP contribution in [0, 0.1) is 5.41 Å². The van der Waals surface area contributed by atoms with Gasteiger partial charge in [0.05, 0.1) is 19.3 Å². The molecule has 1 aliphatic heterocycles. The SMILES string of the molecule is CC(C)(CN)CCCN1CCC(OCCO)CC1. The van der Waals surface area contributed by atoms with Crippen molar-refractivity contribution in [1.82, 2.24) is 4.90 Å². The van der Waals surface area contributed by atoms with Gasteiger partial charge in [-0.15, -0.1) is 0 Å². The quantitative estimate of drug-likeness (QED) is 0.687. The van der Waals surface area contributed by atoms with Crippen molar-refractivity contribution in [2.24, 2.45) is 11.1 Å². The van der Waals surface area contributed by atoms with Crippen molar-refractivity contribution in [2.45, 2.75) is 45.6 Å². The fourth-order valence-corrected chi connectivity index (χ4v) is 2.40. The van der Waals surface area contributed by atoms with E-state index in [0.29, 0.717) is 12.7 Å². The molecule has 0 spiro atoms. The summed E-state index contributed by atoms with van der Waals surface area (Å²) in [6.45, 7) is 9.28. The van der Waals surface area contributed by atoms with E-state index >= 15 is 0 Å². The number of rotatable bonds is 8. The smallest absolute Gasteiger partial charge is 0.0701 e. The van der Waals surface area contributed by atoms with Crippen LogP contribution in [0.2, 0.25) is 0 Å². The van der Waals surface area contributed by atoms with E-state index in [-0.39, 0.29) is 12.0 Å². The Morgan fingerprint density at radius 1 is 1.33 bits per heavy atom. The van der Waals surface area contributed by atoms with Gasteiger partial charge in [0, 0.05) is 13.1 Å². The van der Waals surface area contributed by atoms with E-state index in [1.807, 2.05) is 0 Å². The van der Waals surface area contributed by atoms with Crippen LogP contribution in [0.25, 0.3) is 0 Å². The monoisotopic (exact) mass is 258 g/mol. The second-order valence-electron chi connectivity index (χ2n) is 6.11. The molecular formula is C14H30N2O2. The van der Waals surface area contributed by atoms with Gasteiger partial charge in [-0.05, 0) is 44.2 Å². The van der Waals surface area contributed by atoms with Crippen molar-refractivity contribution in [1.29, 1.82) is 0 Å². The van der Waals surface area contributed by atoms with E-state index in [0.717, 1.165) is 32.5 Å². The molecule has 1 saturated heterocycles. The summed E-state index contributed by atoms with van der Waals surface area (Å²) in [7, 11) is 0.